The van der Waals surface area contributed by atoms with Crippen LogP contribution in [0.5, 0.6) is 11.5 Å². The molecule has 0 aliphatic rings. The molecule has 0 fully saturated rings. The molecule has 0 aliphatic heterocycles. The molecule has 1 atom stereocenters. The fourth-order valence-electron chi connectivity index (χ4n) is 1.80. The van der Waals surface area contributed by atoms with Gasteiger partial charge in [0.1, 0.15) is 11.5 Å². The van der Waals surface area contributed by atoms with Gasteiger partial charge in [-0.25, -0.2) is 0 Å². The summed E-state index contributed by atoms with van der Waals surface area (Å²) in [6.07, 6.45) is 0.957. The highest BCUT2D eigenvalue weighted by atomic mass is 35.5. The van der Waals surface area contributed by atoms with Crippen LogP contribution in [0.1, 0.15) is 13.3 Å². The number of anilines is 1. The Morgan fingerprint density at radius 3 is 2.23 bits per heavy atom. The van der Waals surface area contributed by atoms with E-state index in [0.717, 1.165) is 12.2 Å². The minimum atomic E-state index is -3.02. The Bertz CT molecular complexity index is 643. The summed E-state index contributed by atoms with van der Waals surface area (Å²) in [5, 5.41) is 3.51. The summed E-state index contributed by atoms with van der Waals surface area (Å²) in [5.41, 5.74) is 0.712. The first-order valence-electron chi connectivity index (χ1n) is 7.02. The predicted octanol–water partition coefficient (Wildman–Crippen LogP) is 5.44. The topological polar surface area (TPSA) is 47.6 Å². The molecular weight excluding hydrogens is 321 g/mol. The van der Waals surface area contributed by atoms with Crippen LogP contribution >= 0.6 is 19.1 Å². The molecule has 0 saturated heterocycles. The molecule has 2 aromatic carbocycles. The lowest BCUT2D eigenvalue weighted by molar-refractivity contribution is 0.317. The normalized spacial score (nSPS) is 13.2. The molecule has 0 aromatic heterocycles. The summed E-state index contributed by atoms with van der Waals surface area (Å²) >= 11 is 5.81. The largest absolute Gasteiger partial charge is 0.494 e. The number of nitrogens with one attached hydrogen (secondary N) is 1. The van der Waals surface area contributed by atoms with Crippen molar-refractivity contribution >= 4 is 24.8 Å². The van der Waals surface area contributed by atoms with E-state index in [9.17, 15) is 4.57 Å². The molecule has 118 valence electrons. The fraction of sp³-hybridized carbons (Fsp3) is 0.250. The van der Waals surface area contributed by atoms with Gasteiger partial charge < -0.3 is 14.3 Å². The third-order valence-corrected chi connectivity index (χ3v) is 4.23. The highest BCUT2D eigenvalue weighted by molar-refractivity contribution is 7.60. The van der Waals surface area contributed by atoms with Crippen molar-refractivity contribution < 1.29 is 13.8 Å². The highest BCUT2D eigenvalue weighted by Crippen LogP contribution is 2.43. The van der Waals surface area contributed by atoms with Crippen molar-refractivity contribution in [3.05, 3.63) is 53.6 Å². The number of benzene rings is 2. The maximum absolute atomic E-state index is 12.5. The van der Waals surface area contributed by atoms with Crippen LogP contribution in [0.15, 0.2) is 48.5 Å². The van der Waals surface area contributed by atoms with Crippen LogP contribution in [-0.2, 0) is 4.57 Å². The fourth-order valence-corrected chi connectivity index (χ4v) is 3.11. The zero-order valence-electron chi connectivity index (χ0n) is 12.6. The number of halogens is 1. The highest BCUT2D eigenvalue weighted by Gasteiger charge is 2.17. The van der Waals surface area contributed by atoms with Crippen LogP contribution in [0.3, 0.4) is 0 Å². The smallest absolute Gasteiger partial charge is 0.338 e. The van der Waals surface area contributed by atoms with E-state index in [4.69, 9.17) is 20.9 Å². The maximum atomic E-state index is 12.5. The summed E-state index contributed by atoms with van der Waals surface area (Å²) in [6.45, 7) is 4.26. The number of rotatable bonds is 7. The van der Waals surface area contributed by atoms with Crippen LogP contribution in [0.4, 0.5) is 5.69 Å². The molecule has 0 saturated carbocycles. The minimum absolute atomic E-state index is 0.505. The van der Waals surface area contributed by atoms with E-state index in [2.05, 4.69) is 12.0 Å². The van der Waals surface area contributed by atoms with Gasteiger partial charge in [0.05, 0.1) is 6.61 Å². The first kappa shape index (κ1) is 16.7. The summed E-state index contributed by atoms with van der Waals surface area (Å²) in [5.74, 6) is 1.29. The molecule has 1 N–H and O–H groups in total. The van der Waals surface area contributed by atoms with E-state index in [0.29, 0.717) is 23.1 Å². The molecule has 0 spiro atoms. The molecule has 6 heteroatoms. The lowest BCUT2D eigenvalue weighted by Gasteiger charge is -2.17. The molecular formula is C16H19ClNO3P. The number of ether oxygens (including phenoxy) is 1. The third-order valence-electron chi connectivity index (χ3n) is 2.75. The van der Waals surface area contributed by atoms with Crippen molar-refractivity contribution in [3.63, 3.8) is 0 Å². The van der Waals surface area contributed by atoms with Gasteiger partial charge in [0.15, 0.2) is 0 Å². The molecule has 2 rings (SSSR count). The van der Waals surface area contributed by atoms with Crippen LogP contribution in [0.2, 0.25) is 5.02 Å². The second-order valence-corrected chi connectivity index (χ2v) is 7.41. The van der Waals surface area contributed by atoms with Gasteiger partial charge in [0.2, 0.25) is 0 Å². The molecule has 0 heterocycles. The Morgan fingerprint density at radius 1 is 1.05 bits per heavy atom. The van der Waals surface area contributed by atoms with Gasteiger partial charge in [-0.2, -0.15) is 0 Å². The Morgan fingerprint density at radius 2 is 1.64 bits per heavy atom. The van der Waals surface area contributed by atoms with E-state index >= 15 is 0 Å². The van der Waals surface area contributed by atoms with Crippen molar-refractivity contribution in [2.24, 2.45) is 0 Å². The average Bonchev–Trinajstić information content (AvgIpc) is 2.48. The molecule has 22 heavy (non-hydrogen) atoms. The molecule has 0 amide bonds. The Labute approximate surface area is 135 Å². The van der Waals surface area contributed by atoms with Crippen molar-refractivity contribution in [3.8, 4) is 11.5 Å². The van der Waals surface area contributed by atoms with Crippen LogP contribution in [-0.4, -0.2) is 13.3 Å². The van der Waals surface area contributed by atoms with Gasteiger partial charge in [-0.1, -0.05) is 18.5 Å². The summed E-state index contributed by atoms with van der Waals surface area (Å²) in [6, 6.07) is 14.0. The van der Waals surface area contributed by atoms with Gasteiger partial charge in [-0.15, -0.1) is 0 Å². The molecule has 4 nitrogen and oxygen atoms in total. The molecule has 0 radical (unpaired) electrons. The van der Waals surface area contributed by atoms with Crippen LogP contribution < -0.4 is 14.3 Å². The number of hydrogen-bond donors (Lipinski definition) is 1. The Hall–Kier alpha value is -1.64. The van der Waals surface area contributed by atoms with E-state index in [1.807, 2.05) is 24.3 Å². The predicted molar refractivity (Wildman–Crippen MR) is 91.5 cm³/mol. The summed E-state index contributed by atoms with van der Waals surface area (Å²) in [7, 11) is -3.02. The van der Waals surface area contributed by atoms with Gasteiger partial charge in [-0.3, -0.25) is 4.57 Å². The van der Waals surface area contributed by atoms with Crippen LogP contribution in [0, 0.1) is 0 Å². The Balaban J connectivity index is 1.98. The first-order valence-corrected chi connectivity index (χ1v) is 9.47. The minimum Gasteiger partial charge on any atom is -0.494 e. The van der Waals surface area contributed by atoms with Gasteiger partial charge >= 0.3 is 7.52 Å². The van der Waals surface area contributed by atoms with Crippen LogP contribution in [0.25, 0.3) is 0 Å². The first-order chi connectivity index (χ1) is 10.5. The standard InChI is InChI=1S/C16H19ClNO3P/c1-3-12-20-15-10-6-14(7-11-15)18-22(2,19)21-16-8-4-13(17)5-9-16/h4-11H,3,12H2,1-2H3,(H,18,19)/t22-/m1/s1. The van der Waals surface area contributed by atoms with Crippen molar-refractivity contribution in [1.29, 1.82) is 0 Å². The van der Waals surface area contributed by atoms with Gasteiger partial charge in [0, 0.05) is 17.4 Å². The van der Waals surface area contributed by atoms with E-state index in [1.165, 1.54) is 6.66 Å². The summed E-state index contributed by atoms with van der Waals surface area (Å²) < 4.78 is 23.5. The molecule has 2 aromatic rings. The van der Waals surface area contributed by atoms with E-state index in [1.54, 1.807) is 24.3 Å². The third kappa shape index (κ3) is 5.28. The van der Waals surface area contributed by atoms with E-state index < -0.39 is 7.52 Å². The maximum Gasteiger partial charge on any atom is 0.338 e. The van der Waals surface area contributed by atoms with Crippen molar-refractivity contribution in [2.75, 3.05) is 18.4 Å². The second kappa shape index (κ2) is 7.57. The zero-order valence-corrected chi connectivity index (χ0v) is 14.2. The SMILES string of the molecule is CCCOc1ccc(N[P@](C)(=O)Oc2ccc(Cl)cc2)cc1. The average molecular weight is 340 g/mol. The molecule has 0 unspecified atom stereocenters. The lowest BCUT2D eigenvalue weighted by atomic mass is 10.3. The number of hydrogen-bond acceptors (Lipinski definition) is 3. The monoisotopic (exact) mass is 339 g/mol. The van der Waals surface area contributed by atoms with Gasteiger partial charge in [-0.05, 0) is 55.0 Å². The van der Waals surface area contributed by atoms with Crippen molar-refractivity contribution in [2.45, 2.75) is 13.3 Å². The Kier molecular flexibility index (Phi) is 5.76. The molecule has 0 bridgehead atoms. The molecule has 0 aliphatic carbocycles. The van der Waals surface area contributed by atoms with E-state index in [-0.39, 0.29) is 0 Å². The summed E-state index contributed by atoms with van der Waals surface area (Å²) in [4.78, 5) is 0. The lowest BCUT2D eigenvalue weighted by Crippen LogP contribution is -2.02. The van der Waals surface area contributed by atoms with Crippen molar-refractivity contribution in [1.82, 2.24) is 0 Å². The van der Waals surface area contributed by atoms with Gasteiger partial charge in [0.25, 0.3) is 0 Å². The quantitative estimate of drug-likeness (QED) is 0.682. The second-order valence-electron chi connectivity index (χ2n) is 4.88. The zero-order chi connectivity index (χ0) is 16.0.